The zero-order valence-corrected chi connectivity index (χ0v) is 13.4. The van der Waals surface area contributed by atoms with Crippen molar-refractivity contribution >= 4 is 29.1 Å². The number of hydrogen-bond acceptors (Lipinski definition) is 3. The minimum Gasteiger partial charge on any atom is -0.444 e. The number of halogens is 2. The van der Waals surface area contributed by atoms with E-state index in [0.29, 0.717) is 15.9 Å². The highest BCUT2D eigenvalue weighted by Crippen LogP contribution is 2.21. The van der Waals surface area contributed by atoms with Crippen LogP contribution in [-0.2, 0) is 6.54 Å². The van der Waals surface area contributed by atoms with Gasteiger partial charge in [0.2, 0.25) is 5.89 Å². The molecule has 23 heavy (non-hydrogen) atoms. The normalized spacial score (nSPS) is 10.5. The first-order chi connectivity index (χ1) is 11.1. The van der Waals surface area contributed by atoms with Crippen molar-refractivity contribution in [2.75, 3.05) is 0 Å². The van der Waals surface area contributed by atoms with Gasteiger partial charge in [-0.25, -0.2) is 4.98 Å². The fourth-order valence-electron chi connectivity index (χ4n) is 2.02. The predicted molar refractivity (Wildman–Crippen MR) is 89.6 cm³/mol. The highest BCUT2D eigenvalue weighted by Gasteiger charge is 2.13. The van der Waals surface area contributed by atoms with Crippen molar-refractivity contribution in [1.29, 1.82) is 0 Å². The summed E-state index contributed by atoms with van der Waals surface area (Å²) in [5, 5.41) is 3.80. The lowest BCUT2D eigenvalue weighted by Crippen LogP contribution is -2.23. The number of carbonyl (C=O) groups is 1. The maximum Gasteiger partial charge on any atom is 0.273 e. The number of nitrogens with zero attached hydrogens (tertiary/aromatic N) is 1. The van der Waals surface area contributed by atoms with Gasteiger partial charge in [0.1, 0.15) is 6.26 Å². The van der Waals surface area contributed by atoms with E-state index in [0.717, 1.165) is 11.1 Å². The fraction of sp³-hybridized carbons (Fsp3) is 0.0588. The second kappa shape index (κ2) is 6.86. The van der Waals surface area contributed by atoms with Gasteiger partial charge in [-0.1, -0.05) is 47.5 Å². The number of nitrogens with one attached hydrogen (secondary N) is 1. The minimum absolute atomic E-state index is 0.217. The molecule has 0 unspecified atom stereocenters. The summed E-state index contributed by atoms with van der Waals surface area (Å²) in [6.07, 6.45) is 1.33. The molecule has 116 valence electrons. The first kappa shape index (κ1) is 15.6. The molecule has 0 aliphatic rings. The van der Waals surface area contributed by atoms with Crippen LogP contribution in [-0.4, -0.2) is 10.9 Å². The Hall–Kier alpha value is -2.30. The molecule has 0 radical (unpaired) electrons. The van der Waals surface area contributed by atoms with Gasteiger partial charge in [0, 0.05) is 22.2 Å². The number of rotatable bonds is 4. The zero-order chi connectivity index (χ0) is 16.2. The molecule has 1 aromatic heterocycles. The quantitative estimate of drug-likeness (QED) is 0.752. The number of hydrogen-bond donors (Lipinski definition) is 1. The smallest absolute Gasteiger partial charge is 0.273 e. The molecule has 0 spiro atoms. The van der Waals surface area contributed by atoms with E-state index in [1.165, 1.54) is 6.26 Å². The van der Waals surface area contributed by atoms with Crippen LogP contribution in [0.5, 0.6) is 0 Å². The summed E-state index contributed by atoms with van der Waals surface area (Å²) in [5.41, 5.74) is 1.80. The molecule has 3 aromatic rings. The molecule has 1 heterocycles. The number of aromatic nitrogens is 1. The Balaban J connectivity index is 1.68. The molecule has 0 saturated heterocycles. The Morgan fingerprint density at radius 3 is 2.65 bits per heavy atom. The molecule has 2 aromatic carbocycles. The number of amides is 1. The Labute approximate surface area is 143 Å². The van der Waals surface area contributed by atoms with Gasteiger partial charge in [-0.2, -0.15) is 0 Å². The molecule has 1 amide bonds. The highest BCUT2D eigenvalue weighted by atomic mass is 35.5. The van der Waals surface area contributed by atoms with Gasteiger partial charge in [0.25, 0.3) is 5.91 Å². The van der Waals surface area contributed by atoms with Gasteiger partial charge in [-0.15, -0.1) is 0 Å². The van der Waals surface area contributed by atoms with Crippen molar-refractivity contribution in [3.05, 3.63) is 76.1 Å². The molecule has 0 aliphatic carbocycles. The van der Waals surface area contributed by atoms with Crippen LogP contribution in [0.3, 0.4) is 0 Å². The first-order valence-corrected chi connectivity index (χ1v) is 7.62. The van der Waals surface area contributed by atoms with Crippen molar-refractivity contribution < 1.29 is 9.21 Å². The molecule has 0 atom stereocenters. The number of carbonyl (C=O) groups excluding carboxylic acids is 1. The molecule has 0 saturated carbocycles. The first-order valence-electron chi connectivity index (χ1n) is 6.86. The molecular formula is C17H12Cl2N2O2. The summed E-state index contributed by atoms with van der Waals surface area (Å²) in [4.78, 5) is 16.3. The van der Waals surface area contributed by atoms with Crippen LogP contribution < -0.4 is 5.32 Å². The van der Waals surface area contributed by atoms with E-state index in [2.05, 4.69) is 10.3 Å². The van der Waals surface area contributed by atoms with E-state index in [-0.39, 0.29) is 18.1 Å². The molecule has 0 bridgehead atoms. The summed E-state index contributed by atoms with van der Waals surface area (Å²) >= 11 is 11.9. The summed E-state index contributed by atoms with van der Waals surface area (Å²) in [6, 6.07) is 14.5. The van der Waals surface area contributed by atoms with E-state index < -0.39 is 0 Å². The lowest BCUT2D eigenvalue weighted by Gasteiger charge is -2.05. The zero-order valence-electron chi connectivity index (χ0n) is 11.9. The van der Waals surface area contributed by atoms with Crippen molar-refractivity contribution in [2.24, 2.45) is 0 Å². The van der Waals surface area contributed by atoms with Crippen LogP contribution in [0.15, 0.2) is 59.2 Å². The third kappa shape index (κ3) is 3.73. The summed E-state index contributed by atoms with van der Waals surface area (Å²) in [6.45, 7) is 0.280. The van der Waals surface area contributed by atoms with Crippen molar-refractivity contribution in [3.8, 4) is 11.5 Å². The molecule has 6 heteroatoms. The SMILES string of the molecule is O=C(NCc1ccc(Cl)cc1Cl)c1coc(-c2ccccc2)n1. The van der Waals surface area contributed by atoms with Crippen LogP contribution >= 0.6 is 23.2 Å². The Morgan fingerprint density at radius 2 is 1.91 bits per heavy atom. The van der Waals surface area contributed by atoms with Crippen LogP contribution in [0.1, 0.15) is 16.1 Å². The van der Waals surface area contributed by atoms with Crippen molar-refractivity contribution in [2.45, 2.75) is 6.54 Å². The van der Waals surface area contributed by atoms with Gasteiger partial charge in [0.05, 0.1) is 0 Å². The van der Waals surface area contributed by atoms with E-state index in [4.69, 9.17) is 27.6 Å². The van der Waals surface area contributed by atoms with Gasteiger partial charge in [-0.05, 0) is 29.8 Å². The topological polar surface area (TPSA) is 55.1 Å². The molecule has 1 N–H and O–H groups in total. The van der Waals surface area contributed by atoms with Gasteiger partial charge in [-0.3, -0.25) is 4.79 Å². The van der Waals surface area contributed by atoms with E-state index >= 15 is 0 Å². The second-order valence-electron chi connectivity index (χ2n) is 4.82. The lowest BCUT2D eigenvalue weighted by molar-refractivity contribution is 0.0946. The van der Waals surface area contributed by atoms with E-state index in [1.807, 2.05) is 30.3 Å². The van der Waals surface area contributed by atoms with Crippen LogP contribution in [0.2, 0.25) is 10.0 Å². The molecule has 0 fully saturated rings. The summed E-state index contributed by atoms with van der Waals surface area (Å²) in [5.74, 6) is 0.0715. The average molecular weight is 347 g/mol. The molecule has 4 nitrogen and oxygen atoms in total. The van der Waals surface area contributed by atoms with Crippen LogP contribution in [0, 0.1) is 0 Å². The molecule has 0 aliphatic heterocycles. The Morgan fingerprint density at radius 1 is 1.13 bits per heavy atom. The second-order valence-corrected chi connectivity index (χ2v) is 5.67. The van der Waals surface area contributed by atoms with Crippen LogP contribution in [0.4, 0.5) is 0 Å². The van der Waals surface area contributed by atoms with Gasteiger partial charge >= 0.3 is 0 Å². The van der Waals surface area contributed by atoms with E-state index in [9.17, 15) is 4.79 Å². The average Bonchev–Trinajstić information content (AvgIpc) is 3.05. The lowest BCUT2D eigenvalue weighted by atomic mass is 10.2. The van der Waals surface area contributed by atoms with E-state index in [1.54, 1.807) is 18.2 Å². The largest absolute Gasteiger partial charge is 0.444 e. The number of oxazole rings is 1. The summed E-state index contributed by atoms with van der Waals surface area (Å²) in [7, 11) is 0. The molecule has 3 rings (SSSR count). The Bertz CT molecular complexity index is 832. The maximum atomic E-state index is 12.1. The molecular weight excluding hydrogens is 335 g/mol. The van der Waals surface area contributed by atoms with Gasteiger partial charge in [0.15, 0.2) is 5.69 Å². The minimum atomic E-state index is -0.332. The van der Waals surface area contributed by atoms with Gasteiger partial charge < -0.3 is 9.73 Å². The standard InChI is InChI=1S/C17H12Cl2N2O2/c18-13-7-6-12(14(19)8-13)9-20-16(22)15-10-23-17(21-15)11-4-2-1-3-5-11/h1-8,10H,9H2,(H,20,22). The third-order valence-electron chi connectivity index (χ3n) is 3.21. The van der Waals surface area contributed by atoms with Crippen molar-refractivity contribution in [1.82, 2.24) is 10.3 Å². The van der Waals surface area contributed by atoms with Crippen molar-refractivity contribution in [3.63, 3.8) is 0 Å². The predicted octanol–water partition coefficient (Wildman–Crippen LogP) is 4.58. The third-order valence-corrected chi connectivity index (χ3v) is 3.80. The highest BCUT2D eigenvalue weighted by molar-refractivity contribution is 6.35. The monoisotopic (exact) mass is 346 g/mol. The summed E-state index contributed by atoms with van der Waals surface area (Å²) < 4.78 is 5.35. The maximum absolute atomic E-state index is 12.1. The number of benzene rings is 2. The van der Waals surface area contributed by atoms with Crippen LogP contribution in [0.25, 0.3) is 11.5 Å². The fourth-order valence-corrected chi connectivity index (χ4v) is 2.50. The Kier molecular flexibility index (Phi) is 4.65.